The highest BCUT2D eigenvalue weighted by Gasteiger charge is 2.08. The molecule has 0 unspecified atom stereocenters. The lowest BCUT2D eigenvalue weighted by atomic mass is 10.2. The molecule has 0 heterocycles. The second-order valence-electron chi connectivity index (χ2n) is 4.21. The maximum atomic E-state index is 10.8. The van der Waals surface area contributed by atoms with Gasteiger partial charge in [-0.2, -0.15) is 0 Å². The summed E-state index contributed by atoms with van der Waals surface area (Å²) in [7, 11) is 0. The Kier molecular flexibility index (Phi) is 5.05. The van der Waals surface area contributed by atoms with Crippen LogP contribution in [0, 0.1) is 0 Å². The third kappa shape index (κ3) is 4.39. The van der Waals surface area contributed by atoms with Gasteiger partial charge in [-0.1, -0.05) is 22.0 Å². The molecule has 110 valence electrons. The molecule has 21 heavy (non-hydrogen) atoms. The van der Waals surface area contributed by atoms with Gasteiger partial charge in [0, 0.05) is 16.2 Å². The molecule has 2 rings (SSSR count). The highest BCUT2D eigenvalue weighted by molar-refractivity contribution is 9.10. The van der Waals surface area contributed by atoms with Crippen molar-refractivity contribution >= 4 is 27.6 Å². The third-order valence-corrected chi connectivity index (χ3v) is 3.16. The average Bonchev–Trinajstić information content (AvgIpc) is 2.43. The number of anilines is 1. The van der Waals surface area contributed by atoms with E-state index < -0.39 is 5.97 Å². The van der Waals surface area contributed by atoms with E-state index in [2.05, 4.69) is 15.9 Å². The number of hydrogen-bond donors (Lipinski definition) is 2. The lowest BCUT2D eigenvalue weighted by Crippen LogP contribution is -2.09. The van der Waals surface area contributed by atoms with Crippen LogP contribution in [0.4, 0.5) is 5.69 Å². The summed E-state index contributed by atoms with van der Waals surface area (Å²) in [5.41, 5.74) is 5.87. The Labute approximate surface area is 130 Å². The zero-order valence-corrected chi connectivity index (χ0v) is 12.7. The third-order valence-electron chi connectivity index (χ3n) is 2.67. The molecular formula is C15H14BrNO4. The molecule has 0 amide bonds. The fourth-order valence-corrected chi connectivity index (χ4v) is 2.08. The van der Waals surface area contributed by atoms with Crippen LogP contribution >= 0.6 is 15.9 Å². The van der Waals surface area contributed by atoms with Gasteiger partial charge in [-0.3, -0.25) is 0 Å². The van der Waals surface area contributed by atoms with Crippen LogP contribution in [0.5, 0.6) is 11.5 Å². The molecule has 0 fully saturated rings. The number of carboxylic acids is 1. The van der Waals surface area contributed by atoms with Crippen LogP contribution in [-0.4, -0.2) is 24.3 Å². The van der Waals surface area contributed by atoms with Crippen molar-refractivity contribution in [3.63, 3.8) is 0 Å². The number of rotatable bonds is 6. The van der Waals surface area contributed by atoms with Crippen LogP contribution in [0.15, 0.2) is 46.9 Å². The van der Waals surface area contributed by atoms with Gasteiger partial charge in [0.2, 0.25) is 0 Å². The highest BCUT2D eigenvalue weighted by atomic mass is 79.9. The predicted octanol–water partition coefficient (Wildman–Crippen LogP) is 3.19. The summed E-state index contributed by atoms with van der Waals surface area (Å²) >= 11 is 3.36. The van der Waals surface area contributed by atoms with E-state index in [4.69, 9.17) is 20.3 Å². The quantitative estimate of drug-likeness (QED) is 0.616. The number of carbonyl (C=O) groups is 1. The first-order valence-corrected chi connectivity index (χ1v) is 6.99. The summed E-state index contributed by atoms with van der Waals surface area (Å²) in [6.07, 6.45) is 0. The van der Waals surface area contributed by atoms with Gasteiger partial charge in [0.05, 0.1) is 5.56 Å². The molecular weight excluding hydrogens is 338 g/mol. The molecule has 5 nitrogen and oxygen atoms in total. The molecule has 2 aromatic rings. The number of hydrogen-bond acceptors (Lipinski definition) is 4. The molecule has 0 spiro atoms. The Morgan fingerprint density at radius 3 is 2.33 bits per heavy atom. The molecule has 3 N–H and O–H groups in total. The number of aromatic carboxylic acids is 1. The Balaban J connectivity index is 1.84. The smallest absolute Gasteiger partial charge is 0.337 e. The van der Waals surface area contributed by atoms with Crippen LogP contribution in [0.1, 0.15) is 10.4 Å². The van der Waals surface area contributed by atoms with Crippen molar-refractivity contribution in [1.82, 2.24) is 0 Å². The zero-order valence-electron chi connectivity index (χ0n) is 11.1. The van der Waals surface area contributed by atoms with Crippen molar-refractivity contribution < 1.29 is 19.4 Å². The topological polar surface area (TPSA) is 81.8 Å². The molecule has 0 aromatic heterocycles. The number of benzene rings is 2. The monoisotopic (exact) mass is 351 g/mol. The number of ether oxygens (including phenoxy) is 2. The Morgan fingerprint density at radius 2 is 1.76 bits per heavy atom. The van der Waals surface area contributed by atoms with Gasteiger partial charge in [-0.05, 0) is 30.3 Å². The predicted molar refractivity (Wildman–Crippen MR) is 82.9 cm³/mol. The molecule has 0 atom stereocenters. The zero-order chi connectivity index (χ0) is 15.2. The Hall–Kier alpha value is -2.21. The van der Waals surface area contributed by atoms with Gasteiger partial charge in [0.25, 0.3) is 0 Å². The summed E-state index contributed by atoms with van der Waals surface area (Å²) in [5, 5.41) is 8.87. The minimum Gasteiger partial charge on any atom is -0.490 e. The van der Waals surface area contributed by atoms with Crippen molar-refractivity contribution in [2.45, 2.75) is 0 Å². The molecule has 0 radical (unpaired) electrons. The summed E-state index contributed by atoms with van der Waals surface area (Å²) in [6, 6.07) is 12.0. The van der Waals surface area contributed by atoms with E-state index in [0.717, 1.165) is 10.2 Å². The summed E-state index contributed by atoms with van der Waals surface area (Å²) in [6.45, 7) is 0.704. The van der Waals surface area contributed by atoms with Crippen LogP contribution in [0.25, 0.3) is 0 Å². The summed E-state index contributed by atoms with van der Waals surface area (Å²) in [5.74, 6) is 0.195. The average molecular weight is 352 g/mol. The van der Waals surface area contributed by atoms with Gasteiger partial charge in [-0.15, -0.1) is 0 Å². The van der Waals surface area contributed by atoms with Gasteiger partial charge in [0.1, 0.15) is 24.7 Å². The number of nitrogen functional groups attached to an aromatic ring is 1. The van der Waals surface area contributed by atoms with Gasteiger partial charge < -0.3 is 20.3 Å². The first-order valence-electron chi connectivity index (χ1n) is 6.20. The number of halogens is 1. The highest BCUT2D eigenvalue weighted by Crippen LogP contribution is 2.20. The maximum absolute atomic E-state index is 10.8. The molecule has 0 saturated heterocycles. The van der Waals surface area contributed by atoms with Crippen molar-refractivity contribution in [1.29, 1.82) is 0 Å². The number of carboxylic acid groups (broad SMARTS) is 1. The largest absolute Gasteiger partial charge is 0.490 e. The SMILES string of the molecule is Nc1cc(OCCOc2cccc(Br)c2)ccc1C(=O)O. The van der Waals surface area contributed by atoms with E-state index >= 15 is 0 Å². The normalized spacial score (nSPS) is 10.1. The van der Waals surface area contributed by atoms with Gasteiger partial charge in [-0.25, -0.2) is 4.79 Å². The first kappa shape index (κ1) is 15.2. The number of nitrogens with two attached hydrogens (primary N) is 1. The molecule has 0 bridgehead atoms. The summed E-state index contributed by atoms with van der Waals surface area (Å²) in [4.78, 5) is 10.8. The van der Waals surface area contributed by atoms with Crippen molar-refractivity contribution in [2.75, 3.05) is 18.9 Å². The molecule has 0 aliphatic carbocycles. The molecule has 2 aromatic carbocycles. The van der Waals surface area contributed by atoms with E-state index in [-0.39, 0.29) is 11.3 Å². The first-order chi connectivity index (χ1) is 10.1. The molecule has 6 heteroatoms. The Bertz CT molecular complexity index is 645. The molecule has 0 aliphatic rings. The van der Waals surface area contributed by atoms with Crippen LogP contribution < -0.4 is 15.2 Å². The van der Waals surface area contributed by atoms with Gasteiger partial charge in [0.15, 0.2) is 0 Å². The van der Waals surface area contributed by atoms with E-state index in [1.807, 2.05) is 24.3 Å². The standard InChI is InChI=1S/C15H14BrNO4/c16-10-2-1-3-11(8-10)20-6-7-21-12-4-5-13(15(18)19)14(17)9-12/h1-5,8-9H,6-7,17H2,(H,18,19). The van der Waals surface area contributed by atoms with E-state index in [1.54, 1.807) is 6.07 Å². The van der Waals surface area contributed by atoms with Crippen molar-refractivity contribution in [3.8, 4) is 11.5 Å². The fourth-order valence-electron chi connectivity index (χ4n) is 1.70. The van der Waals surface area contributed by atoms with Crippen LogP contribution in [-0.2, 0) is 0 Å². The molecule has 0 aliphatic heterocycles. The fraction of sp³-hybridized carbons (Fsp3) is 0.133. The van der Waals surface area contributed by atoms with E-state index in [1.165, 1.54) is 12.1 Å². The second kappa shape index (κ2) is 6.99. The minimum atomic E-state index is -1.06. The Morgan fingerprint density at radius 1 is 1.10 bits per heavy atom. The second-order valence-corrected chi connectivity index (χ2v) is 5.12. The van der Waals surface area contributed by atoms with Crippen LogP contribution in [0.3, 0.4) is 0 Å². The van der Waals surface area contributed by atoms with Crippen molar-refractivity contribution in [3.05, 3.63) is 52.5 Å². The lowest BCUT2D eigenvalue weighted by Gasteiger charge is -2.10. The minimum absolute atomic E-state index is 0.0627. The van der Waals surface area contributed by atoms with E-state index in [0.29, 0.717) is 19.0 Å². The van der Waals surface area contributed by atoms with Crippen molar-refractivity contribution in [2.24, 2.45) is 0 Å². The lowest BCUT2D eigenvalue weighted by molar-refractivity contribution is 0.0698. The maximum Gasteiger partial charge on any atom is 0.337 e. The van der Waals surface area contributed by atoms with Gasteiger partial charge >= 0.3 is 5.97 Å². The molecule has 0 saturated carbocycles. The summed E-state index contributed by atoms with van der Waals surface area (Å²) < 4.78 is 11.9. The van der Waals surface area contributed by atoms with E-state index in [9.17, 15) is 4.79 Å². The van der Waals surface area contributed by atoms with Crippen LogP contribution in [0.2, 0.25) is 0 Å².